The van der Waals surface area contributed by atoms with Gasteiger partial charge in [-0.15, -0.1) is 0 Å². The molecule has 0 bridgehead atoms. The molecule has 136 valence electrons. The normalized spacial score (nSPS) is 18.8. The van der Waals surface area contributed by atoms with Crippen molar-refractivity contribution in [2.75, 3.05) is 20.3 Å². The van der Waals surface area contributed by atoms with E-state index in [1.807, 2.05) is 18.7 Å². The van der Waals surface area contributed by atoms with Gasteiger partial charge in [0.05, 0.1) is 30.9 Å². The molecule has 2 rings (SSSR count). The number of carbonyl (C=O) groups excluding carboxylic acids is 1. The third kappa shape index (κ3) is 4.16. The number of nitrogens with zero attached hydrogens (tertiary/aromatic N) is 1. The highest BCUT2D eigenvalue weighted by atomic mass is 32.1. The summed E-state index contributed by atoms with van der Waals surface area (Å²) in [6.45, 7) is 6.21. The van der Waals surface area contributed by atoms with E-state index in [-0.39, 0.29) is 18.5 Å². The van der Waals surface area contributed by atoms with Crippen LogP contribution < -0.4 is 5.32 Å². The lowest BCUT2D eigenvalue weighted by Gasteiger charge is -2.40. The number of benzene rings is 1. The smallest absolute Gasteiger partial charge is 0.338 e. The Morgan fingerprint density at radius 3 is 2.80 bits per heavy atom. The first-order valence-corrected chi connectivity index (χ1v) is 8.53. The van der Waals surface area contributed by atoms with E-state index in [4.69, 9.17) is 21.7 Å². The van der Waals surface area contributed by atoms with Crippen LogP contribution in [0, 0.1) is 5.82 Å². The molecule has 0 fully saturated rings. The predicted octanol–water partition coefficient (Wildman–Crippen LogP) is 2.93. The lowest BCUT2D eigenvalue weighted by Crippen LogP contribution is -2.52. The van der Waals surface area contributed by atoms with Crippen molar-refractivity contribution in [3.05, 3.63) is 46.9 Å². The van der Waals surface area contributed by atoms with Crippen LogP contribution in [0.3, 0.4) is 0 Å². The number of carbonyl (C=O) groups is 1. The van der Waals surface area contributed by atoms with Gasteiger partial charge in [0.2, 0.25) is 0 Å². The van der Waals surface area contributed by atoms with Crippen LogP contribution in [0.15, 0.2) is 35.5 Å². The highest BCUT2D eigenvalue weighted by molar-refractivity contribution is 7.80. The van der Waals surface area contributed by atoms with Crippen LogP contribution in [0.1, 0.15) is 32.4 Å². The lowest BCUT2D eigenvalue weighted by atomic mass is 9.94. The van der Waals surface area contributed by atoms with Gasteiger partial charge in [-0.3, -0.25) is 0 Å². The topological polar surface area (TPSA) is 50.8 Å². The molecule has 0 amide bonds. The van der Waals surface area contributed by atoms with Gasteiger partial charge in [0.1, 0.15) is 5.82 Å². The third-order valence-electron chi connectivity index (χ3n) is 4.05. The van der Waals surface area contributed by atoms with Gasteiger partial charge < -0.3 is 19.7 Å². The first-order valence-electron chi connectivity index (χ1n) is 8.12. The number of hydrogen-bond acceptors (Lipinski definition) is 4. The zero-order valence-corrected chi connectivity index (χ0v) is 15.7. The van der Waals surface area contributed by atoms with Crippen LogP contribution in [0.25, 0.3) is 0 Å². The van der Waals surface area contributed by atoms with Crippen LogP contribution in [0.4, 0.5) is 4.39 Å². The molecule has 0 unspecified atom stereocenters. The van der Waals surface area contributed by atoms with Crippen LogP contribution in [-0.4, -0.2) is 42.3 Å². The van der Waals surface area contributed by atoms with E-state index in [1.54, 1.807) is 26.2 Å². The average molecular weight is 366 g/mol. The Hall–Kier alpha value is -1.99. The van der Waals surface area contributed by atoms with Crippen molar-refractivity contribution in [3.63, 3.8) is 0 Å². The van der Waals surface area contributed by atoms with E-state index in [2.05, 4.69) is 5.32 Å². The number of halogens is 1. The molecule has 1 aliphatic heterocycles. The van der Waals surface area contributed by atoms with Crippen molar-refractivity contribution in [2.45, 2.75) is 32.9 Å². The fourth-order valence-electron chi connectivity index (χ4n) is 3.01. The zero-order valence-electron chi connectivity index (χ0n) is 14.8. The Morgan fingerprint density at radius 2 is 2.20 bits per heavy atom. The standard InChI is InChI=1S/C18H23FN2O3S/c1-5-24-17(22)15-12(3)21(11(2)10-23-4)18(25)20-16(15)13-7-6-8-14(19)9-13/h6-9,11,16H,5,10H2,1-4H3,(H,20,25)/t11-,16-/m1/s1. The maximum Gasteiger partial charge on any atom is 0.338 e. The van der Waals surface area contributed by atoms with E-state index in [9.17, 15) is 9.18 Å². The van der Waals surface area contributed by atoms with Crippen molar-refractivity contribution in [1.82, 2.24) is 10.2 Å². The largest absolute Gasteiger partial charge is 0.463 e. The highest BCUT2D eigenvalue weighted by Crippen LogP contribution is 2.32. The van der Waals surface area contributed by atoms with Gasteiger partial charge >= 0.3 is 5.97 Å². The first kappa shape index (κ1) is 19.3. The number of methoxy groups -OCH3 is 1. The SMILES string of the molecule is CCOC(=O)C1=C(C)N([C@H](C)COC)C(=S)N[C@@H]1c1cccc(F)c1. The molecule has 1 aromatic rings. The number of rotatable bonds is 6. The Balaban J connectivity index is 2.53. The molecule has 2 atom stereocenters. The Labute approximate surface area is 152 Å². The molecule has 0 aromatic heterocycles. The predicted molar refractivity (Wildman–Crippen MR) is 97.4 cm³/mol. The number of esters is 1. The molecular weight excluding hydrogens is 343 g/mol. The summed E-state index contributed by atoms with van der Waals surface area (Å²) >= 11 is 5.49. The molecule has 5 nitrogen and oxygen atoms in total. The Morgan fingerprint density at radius 1 is 1.48 bits per heavy atom. The van der Waals surface area contributed by atoms with Gasteiger partial charge in [0.15, 0.2) is 5.11 Å². The molecular formula is C18H23FN2O3S. The Bertz CT molecular complexity index is 693. The molecule has 1 heterocycles. The fourth-order valence-corrected chi connectivity index (χ4v) is 3.45. The third-order valence-corrected chi connectivity index (χ3v) is 4.37. The molecule has 25 heavy (non-hydrogen) atoms. The summed E-state index contributed by atoms with van der Waals surface area (Å²) in [6, 6.07) is 5.48. The molecule has 1 N–H and O–H groups in total. The van der Waals surface area contributed by atoms with Gasteiger partial charge in [0, 0.05) is 12.8 Å². The van der Waals surface area contributed by atoms with E-state index >= 15 is 0 Å². The molecule has 0 saturated carbocycles. The van der Waals surface area contributed by atoms with E-state index in [0.29, 0.717) is 28.6 Å². The summed E-state index contributed by atoms with van der Waals surface area (Å²) in [5.74, 6) is -0.819. The molecule has 0 radical (unpaired) electrons. The highest BCUT2D eigenvalue weighted by Gasteiger charge is 2.36. The minimum atomic E-state index is -0.562. The maximum absolute atomic E-state index is 13.7. The number of nitrogens with one attached hydrogen (secondary N) is 1. The summed E-state index contributed by atoms with van der Waals surface area (Å²) in [5.41, 5.74) is 1.72. The molecule has 0 spiro atoms. The van der Waals surface area contributed by atoms with Crippen LogP contribution in [0.2, 0.25) is 0 Å². The second kappa shape index (κ2) is 8.40. The van der Waals surface area contributed by atoms with Gasteiger partial charge in [-0.1, -0.05) is 12.1 Å². The summed E-state index contributed by atoms with van der Waals surface area (Å²) in [4.78, 5) is 14.4. The molecule has 1 aliphatic rings. The van der Waals surface area contributed by atoms with Gasteiger partial charge in [-0.05, 0) is 50.7 Å². The fraction of sp³-hybridized carbons (Fsp3) is 0.444. The quantitative estimate of drug-likeness (QED) is 0.617. The molecule has 1 aromatic carbocycles. The second-order valence-electron chi connectivity index (χ2n) is 5.83. The van der Waals surface area contributed by atoms with Crippen molar-refractivity contribution in [3.8, 4) is 0 Å². The number of hydrogen-bond donors (Lipinski definition) is 1. The monoisotopic (exact) mass is 366 g/mol. The number of ether oxygens (including phenoxy) is 2. The molecule has 0 aliphatic carbocycles. The minimum Gasteiger partial charge on any atom is -0.463 e. The Kier molecular flexibility index (Phi) is 6.50. The minimum absolute atomic E-state index is 0.0668. The number of allylic oxidation sites excluding steroid dienone is 1. The summed E-state index contributed by atoms with van der Waals surface area (Å²) < 4.78 is 24.1. The average Bonchev–Trinajstić information content (AvgIpc) is 2.54. The zero-order chi connectivity index (χ0) is 18.6. The molecule has 0 saturated heterocycles. The van der Waals surface area contributed by atoms with E-state index in [1.165, 1.54) is 12.1 Å². The van der Waals surface area contributed by atoms with E-state index in [0.717, 1.165) is 0 Å². The van der Waals surface area contributed by atoms with Gasteiger partial charge in [-0.25, -0.2) is 9.18 Å². The maximum atomic E-state index is 13.7. The van der Waals surface area contributed by atoms with Crippen molar-refractivity contribution in [2.24, 2.45) is 0 Å². The summed E-state index contributed by atoms with van der Waals surface area (Å²) in [6.07, 6.45) is 0. The van der Waals surface area contributed by atoms with Gasteiger partial charge in [-0.2, -0.15) is 0 Å². The number of thiocarbonyl (C=S) groups is 1. The lowest BCUT2D eigenvalue weighted by molar-refractivity contribution is -0.139. The second-order valence-corrected chi connectivity index (χ2v) is 6.22. The van der Waals surface area contributed by atoms with Crippen molar-refractivity contribution in [1.29, 1.82) is 0 Å². The van der Waals surface area contributed by atoms with Crippen LogP contribution in [0.5, 0.6) is 0 Å². The van der Waals surface area contributed by atoms with Crippen molar-refractivity contribution >= 4 is 23.3 Å². The van der Waals surface area contributed by atoms with Crippen molar-refractivity contribution < 1.29 is 18.7 Å². The van der Waals surface area contributed by atoms with Gasteiger partial charge in [0.25, 0.3) is 0 Å². The van der Waals surface area contributed by atoms with Crippen LogP contribution in [-0.2, 0) is 14.3 Å². The summed E-state index contributed by atoms with van der Waals surface area (Å²) in [7, 11) is 1.61. The molecule has 7 heteroatoms. The van der Waals surface area contributed by atoms with E-state index < -0.39 is 12.0 Å². The van der Waals surface area contributed by atoms with Crippen LogP contribution >= 0.6 is 12.2 Å². The summed E-state index contributed by atoms with van der Waals surface area (Å²) in [5, 5.41) is 3.61. The first-order chi connectivity index (χ1) is 11.9.